The molecule has 0 spiro atoms. The highest BCUT2D eigenvalue weighted by Gasteiger charge is 2.14. The molecule has 15 heavy (non-hydrogen) atoms. The maximum absolute atomic E-state index is 11.1. The zero-order chi connectivity index (χ0) is 10.4. The van der Waals surface area contributed by atoms with Gasteiger partial charge in [-0.2, -0.15) is 0 Å². The summed E-state index contributed by atoms with van der Waals surface area (Å²) in [5.41, 5.74) is 6.68. The minimum Gasteiger partial charge on any atom is -0.469 e. The Morgan fingerprint density at radius 3 is 2.47 bits per heavy atom. The summed E-state index contributed by atoms with van der Waals surface area (Å²) in [6.07, 6.45) is 0.344. The van der Waals surface area contributed by atoms with Crippen molar-refractivity contribution in [2.75, 3.05) is 13.7 Å². The molecule has 0 radical (unpaired) electrons. The van der Waals surface area contributed by atoms with E-state index in [9.17, 15) is 4.79 Å². The minimum atomic E-state index is -0.218. The Morgan fingerprint density at radius 2 is 2.00 bits per heavy atom. The van der Waals surface area contributed by atoms with Gasteiger partial charge < -0.3 is 10.5 Å². The van der Waals surface area contributed by atoms with Gasteiger partial charge >= 0.3 is 5.97 Å². The number of carbonyl (C=O) groups excluding carboxylic acids is 1. The first-order valence-electron chi connectivity index (χ1n) is 4.59. The Labute approximate surface area is 96.0 Å². The summed E-state index contributed by atoms with van der Waals surface area (Å²) in [6.45, 7) is 0.457. The van der Waals surface area contributed by atoms with Crippen molar-refractivity contribution < 1.29 is 9.53 Å². The molecule has 0 amide bonds. The molecule has 3 nitrogen and oxygen atoms in total. The third-order valence-electron chi connectivity index (χ3n) is 2.20. The van der Waals surface area contributed by atoms with Crippen LogP contribution in [-0.4, -0.2) is 19.6 Å². The van der Waals surface area contributed by atoms with Crippen molar-refractivity contribution in [3.8, 4) is 0 Å². The third kappa shape index (κ3) is 4.32. The Bertz CT molecular complexity index is 290. The third-order valence-corrected chi connectivity index (χ3v) is 2.20. The minimum absolute atomic E-state index is 0. The van der Waals surface area contributed by atoms with Gasteiger partial charge in [-0.1, -0.05) is 30.3 Å². The van der Waals surface area contributed by atoms with E-state index < -0.39 is 0 Å². The van der Waals surface area contributed by atoms with E-state index in [0.717, 1.165) is 5.56 Å². The summed E-state index contributed by atoms with van der Waals surface area (Å²) in [7, 11) is 1.39. The fourth-order valence-electron chi connectivity index (χ4n) is 1.35. The van der Waals surface area contributed by atoms with Crippen LogP contribution in [0.3, 0.4) is 0 Å². The van der Waals surface area contributed by atoms with E-state index in [2.05, 4.69) is 4.74 Å². The number of halogens is 1. The predicted octanol–water partition coefficient (Wildman–Crippen LogP) is 1.71. The molecule has 0 aromatic heterocycles. The molecule has 1 rings (SSSR count). The molecular formula is C11H16ClNO2. The van der Waals surface area contributed by atoms with Crippen molar-refractivity contribution in [2.45, 2.75) is 12.3 Å². The quantitative estimate of drug-likeness (QED) is 0.800. The van der Waals surface area contributed by atoms with Crippen molar-refractivity contribution in [3.05, 3.63) is 35.9 Å². The van der Waals surface area contributed by atoms with Crippen molar-refractivity contribution in [1.29, 1.82) is 0 Å². The fraction of sp³-hybridized carbons (Fsp3) is 0.364. The van der Waals surface area contributed by atoms with Crippen LogP contribution in [0.2, 0.25) is 0 Å². The van der Waals surface area contributed by atoms with Crippen LogP contribution < -0.4 is 5.73 Å². The van der Waals surface area contributed by atoms with Gasteiger partial charge in [0.15, 0.2) is 0 Å². The van der Waals surface area contributed by atoms with Crippen molar-refractivity contribution in [3.63, 3.8) is 0 Å². The molecule has 0 aliphatic carbocycles. The van der Waals surface area contributed by atoms with Crippen molar-refractivity contribution in [2.24, 2.45) is 5.73 Å². The van der Waals surface area contributed by atoms with E-state index in [0.29, 0.717) is 13.0 Å². The average molecular weight is 230 g/mol. The molecule has 84 valence electrons. The molecular weight excluding hydrogens is 214 g/mol. The first-order chi connectivity index (χ1) is 6.77. The van der Waals surface area contributed by atoms with Crippen LogP contribution >= 0.6 is 12.4 Å². The summed E-state index contributed by atoms with van der Waals surface area (Å²) in [5, 5.41) is 0. The molecule has 1 unspecified atom stereocenters. The summed E-state index contributed by atoms with van der Waals surface area (Å²) in [5.74, 6) is -0.159. The highest BCUT2D eigenvalue weighted by atomic mass is 35.5. The number of hydrogen-bond donors (Lipinski definition) is 1. The topological polar surface area (TPSA) is 52.3 Å². The van der Waals surface area contributed by atoms with Crippen LogP contribution in [0.4, 0.5) is 0 Å². The Hall–Kier alpha value is -1.06. The van der Waals surface area contributed by atoms with Crippen LogP contribution in [0, 0.1) is 0 Å². The summed E-state index contributed by atoms with van der Waals surface area (Å²) in [4.78, 5) is 11.1. The van der Waals surface area contributed by atoms with E-state index in [1.54, 1.807) is 0 Å². The van der Waals surface area contributed by atoms with E-state index in [4.69, 9.17) is 5.73 Å². The second-order valence-corrected chi connectivity index (χ2v) is 3.12. The molecule has 1 aromatic rings. The Balaban J connectivity index is 0.00000196. The van der Waals surface area contributed by atoms with Gasteiger partial charge in [-0.05, 0) is 12.1 Å². The molecule has 0 heterocycles. The zero-order valence-corrected chi connectivity index (χ0v) is 9.50. The van der Waals surface area contributed by atoms with Crippen LogP contribution in [0.5, 0.6) is 0 Å². The van der Waals surface area contributed by atoms with Crippen LogP contribution in [0.15, 0.2) is 30.3 Å². The standard InChI is InChI=1S/C11H15NO2.ClH/c1-14-11(13)7-10(8-12)9-5-3-2-4-6-9;/h2-6,10H,7-8,12H2,1H3;1H. The van der Waals surface area contributed by atoms with Gasteiger partial charge in [-0.3, -0.25) is 4.79 Å². The lowest BCUT2D eigenvalue weighted by Gasteiger charge is -2.13. The molecule has 2 N–H and O–H groups in total. The molecule has 4 heteroatoms. The molecule has 0 saturated heterocycles. The monoisotopic (exact) mass is 229 g/mol. The average Bonchev–Trinajstić information content (AvgIpc) is 2.26. The van der Waals surface area contributed by atoms with E-state index in [-0.39, 0.29) is 24.3 Å². The molecule has 0 fully saturated rings. The number of hydrogen-bond acceptors (Lipinski definition) is 3. The zero-order valence-electron chi connectivity index (χ0n) is 8.68. The lowest BCUT2D eigenvalue weighted by Crippen LogP contribution is -2.17. The van der Waals surface area contributed by atoms with Gasteiger partial charge in [-0.15, -0.1) is 12.4 Å². The second kappa shape index (κ2) is 7.26. The van der Waals surface area contributed by atoms with Gasteiger partial charge in [0, 0.05) is 5.92 Å². The number of benzene rings is 1. The van der Waals surface area contributed by atoms with Crippen LogP contribution in [0.1, 0.15) is 17.9 Å². The van der Waals surface area contributed by atoms with E-state index >= 15 is 0 Å². The number of ether oxygens (including phenoxy) is 1. The van der Waals surface area contributed by atoms with Crippen molar-refractivity contribution >= 4 is 18.4 Å². The summed E-state index contributed by atoms with van der Waals surface area (Å²) in [6, 6.07) is 9.76. The van der Waals surface area contributed by atoms with Gasteiger partial charge in [-0.25, -0.2) is 0 Å². The lowest BCUT2D eigenvalue weighted by molar-refractivity contribution is -0.141. The molecule has 0 saturated carbocycles. The largest absolute Gasteiger partial charge is 0.469 e. The van der Waals surface area contributed by atoms with Crippen LogP contribution in [0.25, 0.3) is 0 Å². The highest BCUT2D eigenvalue weighted by molar-refractivity contribution is 5.85. The Morgan fingerprint density at radius 1 is 1.40 bits per heavy atom. The highest BCUT2D eigenvalue weighted by Crippen LogP contribution is 2.18. The van der Waals surface area contributed by atoms with Gasteiger partial charge in [0.1, 0.15) is 0 Å². The maximum atomic E-state index is 11.1. The van der Waals surface area contributed by atoms with Crippen LogP contribution in [-0.2, 0) is 9.53 Å². The molecule has 0 aliphatic rings. The Kier molecular flexibility index (Phi) is 6.75. The number of esters is 1. The summed E-state index contributed by atoms with van der Waals surface area (Å²) < 4.78 is 4.61. The van der Waals surface area contributed by atoms with Crippen molar-refractivity contribution in [1.82, 2.24) is 0 Å². The lowest BCUT2D eigenvalue weighted by atomic mass is 9.96. The number of nitrogens with two attached hydrogens (primary N) is 1. The van der Waals surface area contributed by atoms with Gasteiger partial charge in [0.05, 0.1) is 13.5 Å². The fourth-order valence-corrected chi connectivity index (χ4v) is 1.35. The number of methoxy groups -OCH3 is 1. The first-order valence-corrected chi connectivity index (χ1v) is 4.59. The molecule has 1 aromatic carbocycles. The molecule has 0 bridgehead atoms. The predicted molar refractivity (Wildman–Crippen MR) is 62.1 cm³/mol. The molecule has 1 atom stereocenters. The number of rotatable bonds is 4. The maximum Gasteiger partial charge on any atom is 0.306 e. The SMILES string of the molecule is COC(=O)CC(CN)c1ccccc1.Cl. The summed E-state index contributed by atoms with van der Waals surface area (Å²) >= 11 is 0. The molecule has 0 aliphatic heterocycles. The van der Waals surface area contributed by atoms with E-state index in [1.165, 1.54) is 7.11 Å². The van der Waals surface area contributed by atoms with Gasteiger partial charge in [0.25, 0.3) is 0 Å². The van der Waals surface area contributed by atoms with Gasteiger partial charge in [0.2, 0.25) is 0 Å². The van der Waals surface area contributed by atoms with E-state index in [1.807, 2.05) is 30.3 Å². The number of carbonyl (C=O) groups is 1. The smallest absolute Gasteiger partial charge is 0.306 e. The first kappa shape index (κ1) is 13.9. The normalized spacial score (nSPS) is 11.3. The second-order valence-electron chi connectivity index (χ2n) is 3.12.